The van der Waals surface area contributed by atoms with Crippen molar-refractivity contribution in [2.75, 3.05) is 38.0 Å². The normalized spacial score (nSPS) is 15.5. The first-order chi connectivity index (χ1) is 12.2. The van der Waals surface area contributed by atoms with E-state index in [1.165, 1.54) is 11.1 Å². The zero-order valence-electron chi connectivity index (χ0n) is 14.7. The molecule has 3 nitrogen and oxygen atoms in total. The van der Waals surface area contributed by atoms with Gasteiger partial charge in [-0.15, -0.1) is 0 Å². The molecule has 0 saturated carbocycles. The van der Waals surface area contributed by atoms with Gasteiger partial charge in [-0.05, 0) is 42.4 Å². The van der Waals surface area contributed by atoms with Crippen LogP contribution in [0.3, 0.4) is 0 Å². The molecule has 1 saturated heterocycles. The van der Waals surface area contributed by atoms with Crippen molar-refractivity contribution in [3.8, 4) is 0 Å². The Balaban J connectivity index is 1.43. The number of anilines is 1. The molecule has 130 valence electrons. The number of hydrogen-bond donors (Lipinski definition) is 1. The highest BCUT2D eigenvalue weighted by molar-refractivity contribution is 7.80. The average Bonchev–Trinajstić information content (AvgIpc) is 2.63. The third-order valence-corrected chi connectivity index (χ3v) is 4.76. The third kappa shape index (κ3) is 5.41. The monoisotopic (exact) mass is 351 g/mol. The van der Waals surface area contributed by atoms with Crippen LogP contribution >= 0.6 is 12.2 Å². The van der Waals surface area contributed by atoms with Crippen LogP contribution in [0, 0.1) is 6.92 Å². The summed E-state index contributed by atoms with van der Waals surface area (Å²) < 4.78 is 0. The molecule has 0 radical (unpaired) electrons. The maximum absolute atomic E-state index is 5.57. The van der Waals surface area contributed by atoms with Crippen molar-refractivity contribution in [3.63, 3.8) is 0 Å². The quantitative estimate of drug-likeness (QED) is 0.838. The van der Waals surface area contributed by atoms with E-state index in [9.17, 15) is 0 Å². The molecule has 0 bridgehead atoms. The van der Waals surface area contributed by atoms with Crippen molar-refractivity contribution >= 4 is 29.1 Å². The first-order valence-corrected chi connectivity index (χ1v) is 9.18. The van der Waals surface area contributed by atoms with Gasteiger partial charge in [0.25, 0.3) is 0 Å². The van der Waals surface area contributed by atoms with Gasteiger partial charge in [0.15, 0.2) is 5.11 Å². The van der Waals surface area contributed by atoms with Crippen molar-refractivity contribution in [2.24, 2.45) is 0 Å². The molecule has 4 heteroatoms. The van der Waals surface area contributed by atoms with Crippen LogP contribution in [0.15, 0.2) is 60.7 Å². The number of piperazine rings is 1. The lowest BCUT2D eigenvalue weighted by molar-refractivity contribution is 0.200. The molecule has 1 aliphatic heterocycles. The summed E-state index contributed by atoms with van der Waals surface area (Å²) in [5.41, 5.74) is 3.56. The van der Waals surface area contributed by atoms with Crippen LogP contribution in [0.25, 0.3) is 6.08 Å². The zero-order valence-corrected chi connectivity index (χ0v) is 15.5. The molecule has 0 aliphatic carbocycles. The molecule has 0 amide bonds. The van der Waals surface area contributed by atoms with E-state index in [4.69, 9.17) is 12.2 Å². The van der Waals surface area contributed by atoms with Gasteiger partial charge >= 0.3 is 0 Å². The number of hydrogen-bond acceptors (Lipinski definition) is 2. The summed E-state index contributed by atoms with van der Waals surface area (Å²) in [6, 6.07) is 18.8. The molecule has 1 fully saturated rings. The number of nitrogens with zero attached hydrogens (tertiary/aromatic N) is 2. The standard InChI is InChI=1S/C21H25N3S/c1-18-7-5-11-20(17-18)22-21(25)24-15-13-23(14-16-24)12-6-10-19-8-3-2-4-9-19/h2-11,17H,12-16H2,1H3,(H,22,25)/b10-6+. The molecule has 0 unspecified atom stereocenters. The Labute approximate surface area is 156 Å². The van der Waals surface area contributed by atoms with Crippen molar-refractivity contribution in [1.82, 2.24) is 9.80 Å². The van der Waals surface area contributed by atoms with E-state index in [1.807, 2.05) is 6.07 Å². The highest BCUT2D eigenvalue weighted by Crippen LogP contribution is 2.12. The Kier molecular flexibility index (Phi) is 6.20. The number of thiocarbonyl (C=S) groups is 1. The summed E-state index contributed by atoms with van der Waals surface area (Å²) in [6.07, 6.45) is 4.44. The molecular formula is C21H25N3S. The predicted octanol–water partition coefficient (Wildman–Crippen LogP) is 4.02. The molecule has 2 aromatic carbocycles. The van der Waals surface area contributed by atoms with Gasteiger partial charge in [-0.25, -0.2) is 0 Å². The number of rotatable bonds is 4. The van der Waals surface area contributed by atoms with Gasteiger partial charge in [0.2, 0.25) is 0 Å². The molecule has 0 aromatic heterocycles. The van der Waals surface area contributed by atoms with E-state index in [-0.39, 0.29) is 0 Å². The van der Waals surface area contributed by atoms with Crippen LogP contribution in [0.5, 0.6) is 0 Å². The zero-order chi connectivity index (χ0) is 17.5. The van der Waals surface area contributed by atoms with Crippen molar-refractivity contribution in [2.45, 2.75) is 6.92 Å². The molecule has 1 N–H and O–H groups in total. The fourth-order valence-corrected chi connectivity index (χ4v) is 3.26. The van der Waals surface area contributed by atoms with Crippen molar-refractivity contribution in [3.05, 3.63) is 71.8 Å². The molecule has 0 spiro atoms. The minimum atomic E-state index is 0.824. The SMILES string of the molecule is Cc1cccc(NC(=S)N2CCN(C/C=C/c3ccccc3)CC2)c1. The first-order valence-electron chi connectivity index (χ1n) is 8.77. The second kappa shape index (κ2) is 8.79. The van der Waals surface area contributed by atoms with Gasteiger partial charge in [-0.1, -0.05) is 54.6 Å². The summed E-state index contributed by atoms with van der Waals surface area (Å²) in [5, 5.41) is 4.18. The van der Waals surface area contributed by atoms with E-state index < -0.39 is 0 Å². The first kappa shape index (κ1) is 17.6. The Morgan fingerprint density at radius 1 is 1.04 bits per heavy atom. The van der Waals surface area contributed by atoms with Gasteiger partial charge in [0.05, 0.1) is 0 Å². The van der Waals surface area contributed by atoms with E-state index in [0.29, 0.717) is 0 Å². The van der Waals surface area contributed by atoms with Gasteiger partial charge in [0.1, 0.15) is 0 Å². The maximum Gasteiger partial charge on any atom is 0.173 e. The lowest BCUT2D eigenvalue weighted by Gasteiger charge is -2.35. The molecule has 1 aliphatic rings. The second-order valence-corrected chi connectivity index (χ2v) is 6.79. The van der Waals surface area contributed by atoms with E-state index in [1.54, 1.807) is 0 Å². The van der Waals surface area contributed by atoms with Gasteiger partial charge in [0, 0.05) is 38.4 Å². The Morgan fingerprint density at radius 2 is 1.80 bits per heavy atom. The molecule has 3 rings (SSSR count). The van der Waals surface area contributed by atoms with E-state index in [0.717, 1.165) is 43.5 Å². The van der Waals surface area contributed by atoms with Crippen LogP contribution in [0.4, 0.5) is 5.69 Å². The van der Waals surface area contributed by atoms with E-state index >= 15 is 0 Å². The van der Waals surface area contributed by atoms with Crippen LogP contribution in [0.2, 0.25) is 0 Å². The van der Waals surface area contributed by atoms with Crippen LogP contribution in [0.1, 0.15) is 11.1 Å². The number of aryl methyl sites for hydroxylation is 1. The fraction of sp³-hybridized carbons (Fsp3) is 0.286. The predicted molar refractivity (Wildman–Crippen MR) is 111 cm³/mol. The average molecular weight is 352 g/mol. The summed E-state index contributed by atoms with van der Waals surface area (Å²) >= 11 is 5.57. The molecule has 1 heterocycles. The smallest absolute Gasteiger partial charge is 0.173 e. The minimum Gasteiger partial charge on any atom is -0.346 e. The largest absolute Gasteiger partial charge is 0.346 e. The Morgan fingerprint density at radius 3 is 2.52 bits per heavy atom. The molecule has 2 aromatic rings. The molecule has 0 atom stereocenters. The van der Waals surface area contributed by atoms with Crippen LogP contribution in [-0.2, 0) is 0 Å². The third-order valence-electron chi connectivity index (χ3n) is 4.40. The topological polar surface area (TPSA) is 18.5 Å². The van der Waals surface area contributed by atoms with Gasteiger partial charge in [-0.3, -0.25) is 4.90 Å². The van der Waals surface area contributed by atoms with Crippen molar-refractivity contribution in [1.29, 1.82) is 0 Å². The van der Waals surface area contributed by atoms with E-state index in [2.05, 4.69) is 82.7 Å². The Bertz CT molecular complexity index is 719. The summed E-state index contributed by atoms with van der Waals surface area (Å²) in [4.78, 5) is 4.72. The summed E-state index contributed by atoms with van der Waals surface area (Å²) in [7, 11) is 0. The molecular weight excluding hydrogens is 326 g/mol. The van der Waals surface area contributed by atoms with Gasteiger partial charge < -0.3 is 10.2 Å². The number of nitrogens with one attached hydrogen (secondary N) is 1. The maximum atomic E-state index is 5.57. The summed E-state index contributed by atoms with van der Waals surface area (Å²) in [6.45, 7) is 7.09. The van der Waals surface area contributed by atoms with Crippen LogP contribution in [-0.4, -0.2) is 47.6 Å². The Hall–Kier alpha value is -2.17. The molecule has 25 heavy (non-hydrogen) atoms. The van der Waals surface area contributed by atoms with Crippen molar-refractivity contribution < 1.29 is 0 Å². The van der Waals surface area contributed by atoms with Crippen LogP contribution < -0.4 is 5.32 Å². The second-order valence-electron chi connectivity index (χ2n) is 6.40. The highest BCUT2D eigenvalue weighted by Gasteiger charge is 2.18. The minimum absolute atomic E-state index is 0.824. The van der Waals surface area contributed by atoms with Gasteiger partial charge in [-0.2, -0.15) is 0 Å². The highest BCUT2D eigenvalue weighted by atomic mass is 32.1. The number of benzene rings is 2. The fourth-order valence-electron chi connectivity index (χ4n) is 2.96. The lowest BCUT2D eigenvalue weighted by Crippen LogP contribution is -2.49. The lowest BCUT2D eigenvalue weighted by atomic mass is 10.2. The summed E-state index contributed by atoms with van der Waals surface area (Å²) in [5.74, 6) is 0.